The smallest absolute Gasteiger partial charge is 0.305 e. The lowest BCUT2D eigenvalue weighted by atomic mass is 10.1. The summed E-state index contributed by atoms with van der Waals surface area (Å²) in [6, 6.07) is 8.48. The number of carbonyl (C=O) groups excluding carboxylic acids is 1. The average molecular weight is 379 g/mol. The summed E-state index contributed by atoms with van der Waals surface area (Å²) in [5.74, 6) is 0.281. The van der Waals surface area contributed by atoms with Gasteiger partial charge in [0.15, 0.2) is 0 Å². The maximum atomic E-state index is 12.9. The van der Waals surface area contributed by atoms with Gasteiger partial charge in [-0.05, 0) is 41.6 Å². The third kappa shape index (κ3) is 3.27. The maximum absolute atomic E-state index is 12.9. The van der Waals surface area contributed by atoms with Crippen molar-refractivity contribution in [1.29, 1.82) is 0 Å². The van der Waals surface area contributed by atoms with E-state index in [2.05, 4.69) is 4.74 Å². The van der Waals surface area contributed by atoms with E-state index in [4.69, 9.17) is 4.74 Å². The standard InChI is InChI=1S/C17H17NO5S2/c1-22-13-6-7-15-14(10-13)12(5-8-16(19)23-2)11-18(15)25(20,21)17-4-3-9-24-17/h3-4,6-7,9-11H,5,8H2,1-2H3. The van der Waals surface area contributed by atoms with Crippen LogP contribution in [0.15, 0.2) is 46.1 Å². The lowest BCUT2D eigenvalue weighted by Crippen LogP contribution is -2.10. The van der Waals surface area contributed by atoms with E-state index >= 15 is 0 Å². The third-order valence-corrected chi connectivity index (χ3v) is 6.94. The highest BCUT2D eigenvalue weighted by atomic mass is 32.2. The predicted octanol–water partition coefficient (Wildman–Crippen LogP) is 3.05. The van der Waals surface area contributed by atoms with Gasteiger partial charge in [-0.1, -0.05) is 6.07 Å². The van der Waals surface area contributed by atoms with Gasteiger partial charge in [0, 0.05) is 18.0 Å². The van der Waals surface area contributed by atoms with E-state index in [1.807, 2.05) is 0 Å². The molecule has 0 saturated heterocycles. The first-order valence-electron chi connectivity index (χ1n) is 7.51. The summed E-state index contributed by atoms with van der Waals surface area (Å²) >= 11 is 1.16. The first kappa shape index (κ1) is 17.5. The van der Waals surface area contributed by atoms with Crippen molar-refractivity contribution in [2.45, 2.75) is 17.1 Å². The highest BCUT2D eigenvalue weighted by Crippen LogP contribution is 2.31. The second-order valence-electron chi connectivity index (χ2n) is 5.35. The van der Waals surface area contributed by atoms with Crippen molar-refractivity contribution in [2.75, 3.05) is 14.2 Å². The molecular formula is C17H17NO5S2. The van der Waals surface area contributed by atoms with Gasteiger partial charge in [0.2, 0.25) is 0 Å². The van der Waals surface area contributed by atoms with E-state index in [0.717, 1.165) is 22.3 Å². The summed E-state index contributed by atoms with van der Waals surface area (Å²) in [6.45, 7) is 0. The van der Waals surface area contributed by atoms with Crippen molar-refractivity contribution in [2.24, 2.45) is 0 Å². The summed E-state index contributed by atoms with van der Waals surface area (Å²) in [6.07, 6.45) is 2.12. The van der Waals surface area contributed by atoms with Gasteiger partial charge in [-0.25, -0.2) is 3.97 Å². The molecule has 0 bridgehead atoms. The molecule has 25 heavy (non-hydrogen) atoms. The molecule has 6 nitrogen and oxygen atoms in total. The molecule has 8 heteroatoms. The molecule has 2 heterocycles. The summed E-state index contributed by atoms with van der Waals surface area (Å²) in [5.41, 5.74) is 1.30. The van der Waals surface area contributed by atoms with Crippen LogP contribution in [0.5, 0.6) is 5.75 Å². The largest absolute Gasteiger partial charge is 0.497 e. The van der Waals surface area contributed by atoms with Gasteiger partial charge >= 0.3 is 5.97 Å². The normalized spacial score (nSPS) is 11.6. The van der Waals surface area contributed by atoms with Crippen LogP contribution in [-0.4, -0.2) is 32.6 Å². The van der Waals surface area contributed by atoms with Crippen LogP contribution in [0.1, 0.15) is 12.0 Å². The number of carbonyl (C=O) groups is 1. The van der Waals surface area contributed by atoms with E-state index in [0.29, 0.717) is 17.7 Å². The van der Waals surface area contributed by atoms with Crippen molar-refractivity contribution < 1.29 is 22.7 Å². The Morgan fingerprint density at radius 2 is 2.04 bits per heavy atom. The second-order valence-corrected chi connectivity index (χ2v) is 8.34. The fraction of sp³-hybridized carbons (Fsp3) is 0.235. The van der Waals surface area contributed by atoms with Gasteiger partial charge in [-0.2, -0.15) is 8.42 Å². The number of fused-ring (bicyclic) bond motifs is 1. The first-order valence-corrected chi connectivity index (χ1v) is 9.83. The fourth-order valence-electron chi connectivity index (χ4n) is 2.62. The molecule has 2 aromatic heterocycles. The Morgan fingerprint density at radius 3 is 2.68 bits per heavy atom. The summed E-state index contributed by atoms with van der Waals surface area (Å²) in [5, 5.41) is 2.46. The van der Waals surface area contributed by atoms with Crippen LogP contribution in [0.25, 0.3) is 10.9 Å². The molecule has 0 radical (unpaired) electrons. The number of hydrogen-bond donors (Lipinski definition) is 0. The van der Waals surface area contributed by atoms with E-state index in [9.17, 15) is 13.2 Å². The lowest BCUT2D eigenvalue weighted by molar-refractivity contribution is -0.140. The van der Waals surface area contributed by atoms with E-state index < -0.39 is 10.0 Å². The van der Waals surface area contributed by atoms with Gasteiger partial charge in [0.05, 0.1) is 19.7 Å². The van der Waals surface area contributed by atoms with Crippen molar-refractivity contribution in [3.8, 4) is 5.75 Å². The number of aryl methyl sites for hydroxylation is 1. The summed E-state index contributed by atoms with van der Waals surface area (Å²) in [7, 11) is -0.807. The van der Waals surface area contributed by atoms with Crippen LogP contribution in [0.3, 0.4) is 0 Å². The SMILES string of the molecule is COC(=O)CCc1cn(S(=O)(=O)c2cccs2)c2ccc(OC)cc12. The Labute approximate surface area is 149 Å². The number of thiophene rings is 1. The average Bonchev–Trinajstić information content (AvgIpc) is 3.27. The molecule has 0 fully saturated rings. The van der Waals surface area contributed by atoms with Gasteiger partial charge in [0.25, 0.3) is 10.0 Å². The third-order valence-electron chi connectivity index (χ3n) is 3.89. The highest BCUT2D eigenvalue weighted by Gasteiger charge is 2.22. The topological polar surface area (TPSA) is 74.6 Å². The highest BCUT2D eigenvalue weighted by molar-refractivity contribution is 7.92. The Balaban J connectivity index is 2.15. The molecule has 0 aliphatic carbocycles. The number of ether oxygens (including phenoxy) is 2. The molecule has 0 spiro atoms. The molecule has 3 aromatic rings. The van der Waals surface area contributed by atoms with Crippen LogP contribution in [0.4, 0.5) is 0 Å². The maximum Gasteiger partial charge on any atom is 0.305 e. The molecule has 1 aromatic carbocycles. The molecule has 0 aliphatic rings. The number of methoxy groups -OCH3 is 2. The number of esters is 1. The molecular weight excluding hydrogens is 362 g/mol. The minimum Gasteiger partial charge on any atom is -0.497 e. The quantitative estimate of drug-likeness (QED) is 0.616. The van der Waals surface area contributed by atoms with Gasteiger partial charge in [0.1, 0.15) is 9.96 Å². The number of hydrogen-bond acceptors (Lipinski definition) is 6. The van der Waals surface area contributed by atoms with Crippen LogP contribution >= 0.6 is 11.3 Å². The minimum atomic E-state index is -3.69. The minimum absolute atomic E-state index is 0.172. The van der Waals surface area contributed by atoms with Crippen LogP contribution in [0.2, 0.25) is 0 Å². The van der Waals surface area contributed by atoms with Gasteiger partial charge < -0.3 is 9.47 Å². The van der Waals surface area contributed by atoms with E-state index in [-0.39, 0.29) is 16.6 Å². The molecule has 132 valence electrons. The van der Waals surface area contributed by atoms with Gasteiger partial charge in [-0.3, -0.25) is 4.79 Å². The molecule has 0 N–H and O–H groups in total. The molecule has 0 saturated carbocycles. The number of aromatic nitrogens is 1. The second kappa shape index (κ2) is 6.89. The molecule has 0 unspecified atom stereocenters. The van der Waals surface area contributed by atoms with Crippen LogP contribution < -0.4 is 4.74 Å². The van der Waals surface area contributed by atoms with Crippen molar-refractivity contribution >= 4 is 38.2 Å². The van der Waals surface area contributed by atoms with Crippen molar-refractivity contribution in [3.05, 3.63) is 47.5 Å². The van der Waals surface area contributed by atoms with Crippen LogP contribution in [0, 0.1) is 0 Å². The monoisotopic (exact) mass is 379 g/mol. The Bertz CT molecular complexity index is 1000. The number of rotatable bonds is 6. The molecule has 3 rings (SSSR count). The zero-order chi connectivity index (χ0) is 18.0. The Kier molecular flexibility index (Phi) is 4.82. The molecule has 0 atom stereocenters. The van der Waals surface area contributed by atoms with E-state index in [1.54, 1.807) is 49.0 Å². The van der Waals surface area contributed by atoms with E-state index in [1.165, 1.54) is 11.1 Å². The molecule has 0 aliphatic heterocycles. The zero-order valence-electron chi connectivity index (χ0n) is 13.8. The Morgan fingerprint density at radius 1 is 1.24 bits per heavy atom. The van der Waals surface area contributed by atoms with Gasteiger partial charge in [-0.15, -0.1) is 11.3 Å². The number of benzene rings is 1. The fourth-order valence-corrected chi connectivity index (χ4v) is 5.09. The zero-order valence-corrected chi connectivity index (χ0v) is 15.4. The van der Waals surface area contributed by atoms with Crippen molar-refractivity contribution in [1.82, 2.24) is 3.97 Å². The first-order chi connectivity index (χ1) is 12.0. The predicted molar refractivity (Wildman–Crippen MR) is 95.7 cm³/mol. The summed E-state index contributed by atoms with van der Waals surface area (Å²) in [4.78, 5) is 11.5. The number of nitrogens with zero attached hydrogens (tertiary/aromatic N) is 1. The molecule has 0 amide bonds. The summed E-state index contributed by atoms with van der Waals surface area (Å²) < 4.78 is 37.3. The van der Waals surface area contributed by atoms with Crippen LogP contribution in [-0.2, 0) is 26.0 Å². The lowest BCUT2D eigenvalue weighted by Gasteiger charge is -2.06. The van der Waals surface area contributed by atoms with Crippen molar-refractivity contribution in [3.63, 3.8) is 0 Å². The Hall–Kier alpha value is -2.32.